The fourth-order valence-electron chi connectivity index (χ4n) is 2.83. The van der Waals surface area contributed by atoms with Crippen molar-refractivity contribution in [2.75, 3.05) is 14.1 Å². The molecule has 0 unspecified atom stereocenters. The van der Waals surface area contributed by atoms with Crippen LogP contribution in [0.15, 0.2) is 36.4 Å². The van der Waals surface area contributed by atoms with E-state index in [2.05, 4.69) is 5.32 Å². The van der Waals surface area contributed by atoms with E-state index in [1.54, 1.807) is 25.4 Å². The minimum atomic E-state index is -0.657. The molecular weight excluding hydrogens is 308 g/mol. The maximum Gasteiger partial charge on any atom is 0.262 e. The summed E-state index contributed by atoms with van der Waals surface area (Å²) in [7, 11) is 3.40. The Morgan fingerprint density at radius 1 is 1.17 bits per heavy atom. The minimum absolute atomic E-state index is 0.131. The highest BCUT2D eigenvalue weighted by Crippen LogP contribution is 2.31. The number of hydrogen-bond donors (Lipinski definition) is 1. The number of nitrogens with zero attached hydrogens (tertiary/aromatic N) is 1. The molecule has 0 saturated heterocycles. The Hall–Kier alpha value is -2.14. The van der Waals surface area contributed by atoms with Crippen molar-refractivity contribution in [1.82, 2.24) is 10.2 Å². The van der Waals surface area contributed by atoms with Gasteiger partial charge in [-0.2, -0.15) is 0 Å². The number of carbonyl (C=O) groups excluding carboxylic acids is 2. The van der Waals surface area contributed by atoms with Gasteiger partial charge in [-0.1, -0.05) is 30.3 Å². The van der Waals surface area contributed by atoms with E-state index in [4.69, 9.17) is 0 Å². The summed E-state index contributed by atoms with van der Waals surface area (Å²) in [5.74, 6) is -0.304. The van der Waals surface area contributed by atoms with Crippen LogP contribution < -0.4 is 5.32 Å². The molecule has 1 aromatic heterocycles. The Morgan fingerprint density at radius 2 is 1.91 bits per heavy atom. The Balaban J connectivity index is 1.82. The second-order valence-electron chi connectivity index (χ2n) is 5.96. The zero-order chi connectivity index (χ0) is 16.4. The van der Waals surface area contributed by atoms with E-state index in [9.17, 15) is 9.59 Å². The van der Waals surface area contributed by atoms with Crippen LogP contribution in [0.5, 0.6) is 0 Å². The number of thiophene rings is 1. The third kappa shape index (κ3) is 3.29. The summed E-state index contributed by atoms with van der Waals surface area (Å²) in [5.41, 5.74) is 2.08. The monoisotopic (exact) mass is 328 g/mol. The number of fused-ring (bicyclic) bond motifs is 1. The molecule has 0 bridgehead atoms. The highest BCUT2D eigenvalue weighted by molar-refractivity contribution is 7.14. The van der Waals surface area contributed by atoms with Gasteiger partial charge in [0.15, 0.2) is 0 Å². The summed E-state index contributed by atoms with van der Waals surface area (Å²) >= 11 is 1.55. The summed E-state index contributed by atoms with van der Waals surface area (Å²) in [6.45, 7) is 0. The molecule has 120 valence electrons. The zero-order valence-corrected chi connectivity index (χ0v) is 14.2. The predicted molar refractivity (Wildman–Crippen MR) is 91.7 cm³/mol. The van der Waals surface area contributed by atoms with E-state index in [0.717, 1.165) is 18.4 Å². The molecule has 1 aliphatic carbocycles. The summed E-state index contributed by atoms with van der Waals surface area (Å²) in [5, 5.41) is 2.90. The van der Waals surface area contributed by atoms with Crippen LogP contribution in [0.2, 0.25) is 0 Å². The van der Waals surface area contributed by atoms with E-state index in [-0.39, 0.29) is 11.8 Å². The maximum absolute atomic E-state index is 12.6. The minimum Gasteiger partial charge on any atom is -0.347 e. The number of nitrogens with one attached hydrogen (secondary N) is 1. The molecule has 4 nitrogen and oxygen atoms in total. The molecule has 5 heteroatoms. The van der Waals surface area contributed by atoms with Gasteiger partial charge in [0.25, 0.3) is 5.91 Å². The van der Waals surface area contributed by atoms with Gasteiger partial charge in [0.1, 0.15) is 6.04 Å². The third-order valence-corrected chi connectivity index (χ3v) is 5.30. The Labute approximate surface area is 140 Å². The van der Waals surface area contributed by atoms with Gasteiger partial charge >= 0.3 is 0 Å². The average Bonchev–Trinajstić information content (AvgIpc) is 3.14. The normalized spacial score (nSPS) is 14.2. The van der Waals surface area contributed by atoms with Crippen molar-refractivity contribution in [2.45, 2.75) is 25.3 Å². The van der Waals surface area contributed by atoms with Crippen molar-refractivity contribution in [1.29, 1.82) is 0 Å². The average molecular weight is 328 g/mol. The molecule has 1 N–H and O–H groups in total. The van der Waals surface area contributed by atoms with Crippen LogP contribution in [-0.4, -0.2) is 30.8 Å². The topological polar surface area (TPSA) is 49.4 Å². The first kappa shape index (κ1) is 15.7. The number of hydrogen-bond acceptors (Lipinski definition) is 3. The van der Waals surface area contributed by atoms with E-state index >= 15 is 0 Å². The highest BCUT2D eigenvalue weighted by atomic mass is 32.1. The van der Waals surface area contributed by atoms with Crippen LogP contribution in [0.4, 0.5) is 0 Å². The summed E-state index contributed by atoms with van der Waals surface area (Å²) in [6, 6.07) is 10.7. The fraction of sp³-hybridized carbons (Fsp3) is 0.333. The molecule has 0 saturated carbocycles. The fourth-order valence-corrected chi connectivity index (χ4v) is 3.99. The van der Waals surface area contributed by atoms with Crippen LogP contribution in [0.1, 0.15) is 38.1 Å². The van der Waals surface area contributed by atoms with Gasteiger partial charge in [-0.25, -0.2) is 0 Å². The molecule has 1 aromatic carbocycles. The predicted octanol–water partition coefficient (Wildman–Crippen LogP) is 2.80. The molecule has 2 aromatic rings. The van der Waals surface area contributed by atoms with Crippen LogP contribution in [0, 0.1) is 0 Å². The van der Waals surface area contributed by atoms with Crippen LogP contribution >= 0.6 is 11.3 Å². The van der Waals surface area contributed by atoms with Crippen molar-refractivity contribution < 1.29 is 9.59 Å². The van der Waals surface area contributed by atoms with E-state index < -0.39 is 6.04 Å². The van der Waals surface area contributed by atoms with Crippen LogP contribution in [0.3, 0.4) is 0 Å². The summed E-state index contributed by atoms with van der Waals surface area (Å²) in [4.78, 5) is 28.6. The lowest BCUT2D eigenvalue weighted by Gasteiger charge is -2.21. The van der Waals surface area contributed by atoms with Crippen molar-refractivity contribution >= 4 is 23.2 Å². The smallest absolute Gasteiger partial charge is 0.262 e. The summed E-state index contributed by atoms with van der Waals surface area (Å²) in [6.07, 6.45) is 3.29. The number of amides is 2. The van der Waals surface area contributed by atoms with Crippen LogP contribution in [0.25, 0.3) is 0 Å². The lowest BCUT2D eigenvalue weighted by Crippen LogP contribution is -2.39. The third-order valence-electron chi connectivity index (χ3n) is 4.07. The zero-order valence-electron chi connectivity index (χ0n) is 13.3. The largest absolute Gasteiger partial charge is 0.347 e. The van der Waals surface area contributed by atoms with Gasteiger partial charge in [-0.3, -0.25) is 9.59 Å². The maximum atomic E-state index is 12.6. The molecule has 2 amide bonds. The molecule has 1 atom stereocenters. The van der Waals surface area contributed by atoms with Gasteiger partial charge in [0.2, 0.25) is 5.91 Å². The van der Waals surface area contributed by atoms with Crippen molar-refractivity contribution in [3.05, 3.63) is 57.3 Å². The number of carbonyl (C=O) groups is 2. The van der Waals surface area contributed by atoms with Crippen molar-refractivity contribution in [3.63, 3.8) is 0 Å². The Morgan fingerprint density at radius 3 is 2.57 bits per heavy atom. The second kappa shape index (κ2) is 6.54. The second-order valence-corrected chi connectivity index (χ2v) is 7.10. The van der Waals surface area contributed by atoms with E-state index in [1.807, 2.05) is 36.4 Å². The van der Waals surface area contributed by atoms with Crippen molar-refractivity contribution in [2.24, 2.45) is 0 Å². The number of likely N-dealkylation sites (N-methyl/N-ethyl adjacent to an activating group) is 1. The quantitative estimate of drug-likeness (QED) is 0.938. The van der Waals surface area contributed by atoms with Crippen molar-refractivity contribution in [3.8, 4) is 0 Å². The first-order valence-corrected chi connectivity index (χ1v) is 8.56. The molecule has 1 heterocycles. The Kier molecular flexibility index (Phi) is 4.48. The molecule has 23 heavy (non-hydrogen) atoms. The highest BCUT2D eigenvalue weighted by Gasteiger charge is 2.26. The van der Waals surface area contributed by atoms with E-state index in [1.165, 1.54) is 21.8 Å². The number of rotatable bonds is 4. The molecular formula is C18H20N2O2S. The van der Waals surface area contributed by atoms with Gasteiger partial charge in [0.05, 0.1) is 4.88 Å². The molecule has 1 aliphatic rings. The molecule has 0 spiro atoms. The summed E-state index contributed by atoms with van der Waals surface area (Å²) < 4.78 is 0. The lowest BCUT2D eigenvalue weighted by atomic mass is 10.1. The first-order chi connectivity index (χ1) is 11.1. The molecule has 0 fully saturated rings. The van der Waals surface area contributed by atoms with Gasteiger partial charge < -0.3 is 10.2 Å². The molecule has 0 aliphatic heterocycles. The number of benzene rings is 1. The number of aryl methyl sites for hydroxylation is 2. The first-order valence-electron chi connectivity index (χ1n) is 7.75. The standard InChI is InChI=1S/C18H20N2O2S/c1-20(2)18(22)16(12-7-4-3-5-8-12)19-17(21)15-11-13-9-6-10-14(13)23-15/h3-5,7-8,11,16H,6,9-10H2,1-2H3,(H,19,21)/t16-/m1/s1. The van der Waals surface area contributed by atoms with Gasteiger partial charge in [0, 0.05) is 19.0 Å². The lowest BCUT2D eigenvalue weighted by molar-refractivity contribution is -0.130. The Bertz CT molecular complexity index is 700. The SMILES string of the molecule is CN(C)C(=O)[C@H](NC(=O)c1cc2c(s1)CCC2)c1ccccc1. The molecule has 0 radical (unpaired) electrons. The van der Waals surface area contributed by atoms with E-state index in [0.29, 0.717) is 4.88 Å². The van der Waals surface area contributed by atoms with Crippen LogP contribution in [-0.2, 0) is 17.6 Å². The van der Waals surface area contributed by atoms with Gasteiger partial charge in [-0.05, 0) is 36.5 Å². The van der Waals surface area contributed by atoms with Gasteiger partial charge in [-0.15, -0.1) is 11.3 Å². The molecule has 3 rings (SSSR count).